The lowest BCUT2D eigenvalue weighted by Crippen LogP contribution is -2.80. The average molecular weight is 398 g/mol. The first kappa shape index (κ1) is 18.9. The van der Waals surface area contributed by atoms with Crippen LogP contribution in [0.1, 0.15) is 4.88 Å². The number of fused-ring (bicyclic) bond motifs is 1. The normalized spacial score (nSPS) is 24.9. The smallest absolute Gasteiger partial charge is 0.352 e. The van der Waals surface area contributed by atoms with Crippen LogP contribution in [-0.4, -0.2) is 65.5 Å². The molecule has 8 nitrogen and oxygen atoms in total. The molecule has 1 saturated heterocycles. The number of carboxylic acid groups (broad SMARTS) is 1. The summed E-state index contributed by atoms with van der Waals surface area (Å²) < 4.78 is 10.4. The van der Waals surface area contributed by atoms with E-state index in [0.717, 1.165) is 4.88 Å². The van der Waals surface area contributed by atoms with Crippen molar-refractivity contribution in [2.24, 2.45) is 0 Å². The molecule has 1 fully saturated rings. The molecule has 1 unspecified atom stereocenters. The molecule has 0 aromatic carbocycles. The summed E-state index contributed by atoms with van der Waals surface area (Å²) in [7, 11) is 2.79. The van der Waals surface area contributed by atoms with Crippen molar-refractivity contribution >= 4 is 40.9 Å². The highest BCUT2D eigenvalue weighted by Gasteiger charge is 2.66. The van der Waals surface area contributed by atoms with Gasteiger partial charge in [0.15, 0.2) is 0 Å². The highest BCUT2D eigenvalue weighted by Crippen LogP contribution is 2.46. The first-order valence-electron chi connectivity index (χ1n) is 7.72. The molecule has 2 N–H and O–H groups in total. The van der Waals surface area contributed by atoms with Gasteiger partial charge in [-0.3, -0.25) is 14.5 Å². The van der Waals surface area contributed by atoms with Crippen LogP contribution in [0, 0.1) is 0 Å². The van der Waals surface area contributed by atoms with Gasteiger partial charge in [-0.2, -0.15) is 0 Å². The van der Waals surface area contributed by atoms with Crippen molar-refractivity contribution in [3.8, 4) is 0 Å². The van der Waals surface area contributed by atoms with Crippen molar-refractivity contribution in [2.45, 2.75) is 17.5 Å². The fourth-order valence-electron chi connectivity index (χ4n) is 3.05. The topological polar surface area (TPSA) is 105 Å². The standard InChI is InChI=1S/C16H18N2O6S2/c1-23-7-9-8-26-15-16(24-2,14(22)18(15)12(9)13(20)21)17-11(19)6-10-4-3-5-25-10/h3-5,15H,6-8H2,1-2H3,(H,17,19)(H,20,21)/t15-,16?/m1/s1. The fourth-order valence-corrected chi connectivity index (χ4v) is 5.17. The number of nitrogens with zero attached hydrogens (tertiary/aromatic N) is 1. The third-order valence-corrected chi connectivity index (χ3v) is 6.44. The maximum absolute atomic E-state index is 12.8. The van der Waals surface area contributed by atoms with Gasteiger partial charge in [-0.05, 0) is 17.0 Å². The fraction of sp³-hybridized carbons (Fsp3) is 0.438. The quantitative estimate of drug-likeness (QED) is 0.513. The van der Waals surface area contributed by atoms with Gasteiger partial charge in [-0.15, -0.1) is 23.1 Å². The van der Waals surface area contributed by atoms with Crippen LogP contribution >= 0.6 is 23.1 Å². The highest BCUT2D eigenvalue weighted by molar-refractivity contribution is 8.00. The minimum atomic E-state index is -1.56. The van der Waals surface area contributed by atoms with Gasteiger partial charge in [0, 0.05) is 24.8 Å². The van der Waals surface area contributed by atoms with Crippen LogP contribution in [-0.2, 0) is 30.3 Å². The third-order valence-electron chi connectivity index (χ3n) is 4.19. The first-order chi connectivity index (χ1) is 12.4. The molecule has 0 radical (unpaired) electrons. The molecule has 140 valence electrons. The number of thiophene rings is 1. The van der Waals surface area contributed by atoms with Crippen LogP contribution in [0.3, 0.4) is 0 Å². The Morgan fingerprint density at radius 1 is 1.46 bits per heavy atom. The summed E-state index contributed by atoms with van der Waals surface area (Å²) in [5.74, 6) is -1.78. The number of β-lactam (4-membered cyclic amide) rings is 1. The number of ether oxygens (including phenoxy) is 2. The molecule has 1 aromatic rings. The molecule has 0 bridgehead atoms. The van der Waals surface area contributed by atoms with E-state index in [1.165, 1.54) is 42.2 Å². The van der Waals surface area contributed by atoms with Crippen molar-refractivity contribution in [3.63, 3.8) is 0 Å². The second-order valence-corrected chi connectivity index (χ2v) is 7.87. The van der Waals surface area contributed by atoms with E-state index in [1.807, 2.05) is 17.5 Å². The molecule has 3 heterocycles. The molecule has 2 aliphatic rings. The minimum absolute atomic E-state index is 0.0965. The van der Waals surface area contributed by atoms with E-state index in [1.54, 1.807) is 0 Å². The molecule has 2 atom stereocenters. The van der Waals surface area contributed by atoms with E-state index in [0.29, 0.717) is 11.3 Å². The number of carbonyl (C=O) groups excluding carboxylic acids is 2. The Kier molecular flexibility index (Phi) is 5.37. The van der Waals surface area contributed by atoms with Gasteiger partial charge in [0.25, 0.3) is 11.6 Å². The van der Waals surface area contributed by atoms with Crippen molar-refractivity contribution in [3.05, 3.63) is 33.7 Å². The summed E-state index contributed by atoms with van der Waals surface area (Å²) in [6, 6.07) is 3.67. The number of methoxy groups -OCH3 is 2. The molecule has 0 spiro atoms. The van der Waals surface area contributed by atoms with E-state index in [4.69, 9.17) is 9.47 Å². The van der Waals surface area contributed by atoms with Crippen LogP contribution in [0.2, 0.25) is 0 Å². The van der Waals surface area contributed by atoms with Gasteiger partial charge in [-0.1, -0.05) is 6.07 Å². The lowest BCUT2D eigenvalue weighted by atomic mass is 9.98. The summed E-state index contributed by atoms with van der Waals surface area (Å²) in [5, 5.41) is 13.4. The minimum Gasteiger partial charge on any atom is -0.477 e. The van der Waals surface area contributed by atoms with E-state index >= 15 is 0 Å². The van der Waals surface area contributed by atoms with Gasteiger partial charge in [-0.25, -0.2) is 4.79 Å². The monoisotopic (exact) mass is 398 g/mol. The van der Waals surface area contributed by atoms with E-state index in [-0.39, 0.29) is 24.6 Å². The van der Waals surface area contributed by atoms with Crippen LogP contribution in [0.4, 0.5) is 0 Å². The number of thioether (sulfide) groups is 1. The number of carbonyl (C=O) groups is 3. The molecule has 26 heavy (non-hydrogen) atoms. The van der Waals surface area contributed by atoms with E-state index in [2.05, 4.69) is 5.32 Å². The van der Waals surface area contributed by atoms with Gasteiger partial charge >= 0.3 is 5.97 Å². The number of carboxylic acids is 1. The number of aliphatic carboxylic acids is 1. The summed E-state index contributed by atoms with van der Waals surface area (Å²) in [4.78, 5) is 38.9. The number of nitrogens with one attached hydrogen (secondary N) is 1. The van der Waals surface area contributed by atoms with E-state index in [9.17, 15) is 19.5 Å². The Bertz CT molecular complexity index is 763. The SMILES string of the molecule is COCC1=C(C(=O)O)N2C(=O)C(NC(=O)Cc3cccs3)(OC)[C@H]2SC1. The maximum atomic E-state index is 12.8. The number of hydrogen-bond donors (Lipinski definition) is 2. The lowest BCUT2D eigenvalue weighted by molar-refractivity contribution is -0.192. The molecule has 2 amide bonds. The molecule has 10 heteroatoms. The Morgan fingerprint density at radius 2 is 2.23 bits per heavy atom. The summed E-state index contributed by atoms with van der Waals surface area (Å²) in [6.07, 6.45) is 0.129. The van der Waals surface area contributed by atoms with Gasteiger partial charge in [0.05, 0.1) is 13.0 Å². The zero-order chi connectivity index (χ0) is 18.9. The zero-order valence-corrected chi connectivity index (χ0v) is 15.8. The molecule has 1 aromatic heterocycles. The van der Waals surface area contributed by atoms with Crippen molar-refractivity contribution in [2.75, 3.05) is 26.6 Å². The summed E-state index contributed by atoms with van der Waals surface area (Å²) in [5.41, 5.74) is -1.14. The van der Waals surface area contributed by atoms with Crippen LogP contribution < -0.4 is 5.32 Å². The van der Waals surface area contributed by atoms with Crippen LogP contribution in [0.15, 0.2) is 28.8 Å². The Labute approximate surface area is 158 Å². The van der Waals surface area contributed by atoms with Crippen molar-refractivity contribution in [1.29, 1.82) is 0 Å². The number of hydrogen-bond acceptors (Lipinski definition) is 7. The molecule has 3 rings (SSSR count). The molecule has 0 aliphatic carbocycles. The average Bonchev–Trinajstić information content (AvgIpc) is 3.11. The molecule has 2 aliphatic heterocycles. The second kappa shape index (κ2) is 7.39. The van der Waals surface area contributed by atoms with Gasteiger partial charge in [0.2, 0.25) is 5.91 Å². The Balaban J connectivity index is 1.82. The number of rotatable bonds is 7. The maximum Gasteiger partial charge on any atom is 0.352 e. The van der Waals surface area contributed by atoms with Crippen LogP contribution in [0.5, 0.6) is 0 Å². The van der Waals surface area contributed by atoms with Gasteiger partial charge < -0.3 is 19.9 Å². The predicted octanol–water partition coefficient (Wildman–Crippen LogP) is 0.650. The highest BCUT2D eigenvalue weighted by atomic mass is 32.2. The molecular formula is C16H18N2O6S2. The predicted molar refractivity (Wildman–Crippen MR) is 95.5 cm³/mol. The molecule has 0 saturated carbocycles. The first-order valence-corrected chi connectivity index (χ1v) is 9.65. The summed E-state index contributed by atoms with van der Waals surface area (Å²) in [6.45, 7) is 0.121. The lowest BCUT2D eigenvalue weighted by Gasteiger charge is -2.55. The summed E-state index contributed by atoms with van der Waals surface area (Å²) >= 11 is 2.78. The second-order valence-electron chi connectivity index (χ2n) is 5.77. The van der Waals surface area contributed by atoms with Crippen molar-refractivity contribution in [1.82, 2.24) is 10.2 Å². The molecular weight excluding hydrogens is 380 g/mol. The Morgan fingerprint density at radius 3 is 2.81 bits per heavy atom. The van der Waals surface area contributed by atoms with E-state index < -0.39 is 23.0 Å². The van der Waals surface area contributed by atoms with Crippen LogP contribution in [0.25, 0.3) is 0 Å². The van der Waals surface area contributed by atoms with Crippen molar-refractivity contribution < 1.29 is 29.0 Å². The number of amides is 2. The largest absolute Gasteiger partial charge is 0.477 e. The Hall–Kier alpha value is -1.88. The zero-order valence-electron chi connectivity index (χ0n) is 14.2. The van der Waals surface area contributed by atoms with Gasteiger partial charge in [0.1, 0.15) is 11.1 Å². The third kappa shape index (κ3) is 3.02.